The molecule has 2 aromatic rings. The van der Waals surface area contributed by atoms with Crippen molar-refractivity contribution in [3.63, 3.8) is 0 Å². The monoisotopic (exact) mass is 355 g/mol. The number of aliphatic carboxylic acids is 1. The zero-order chi connectivity index (χ0) is 18.8. The van der Waals surface area contributed by atoms with Crippen LogP contribution in [0.5, 0.6) is 0 Å². The lowest BCUT2D eigenvalue weighted by atomic mass is 10.1. The summed E-state index contributed by atoms with van der Waals surface area (Å²) >= 11 is 0. The first kappa shape index (κ1) is 19.2. The van der Waals surface area contributed by atoms with Crippen molar-refractivity contribution in [2.45, 2.75) is 31.9 Å². The molecule has 2 rings (SSSR count). The van der Waals surface area contributed by atoms with Gasteiger partial charge in [-0.05, 0) is 17.5 Å². The second-order valence-electron chi connectivity index (χ2n) is 5.81. The number of hydrogen-bond acceptors (Lipinski definition) is 4. The highest BCUT2D eigenvalue weighted by Crippen LogP contribution is 2.07. The number of benzene rings is 2. The van der Waals surface area contributed by atoms with Gasteiger partial charge in [0.05, 0.1) is 6.42 Å². The molecule has 0 aliphatic carbocycles. The van der Waals surface area contributed by atoms with Crippen LogP contribution < -0.4 is 5.32 Å². The molecule has 0 unspecified atom stereocenters. The van der Waals surface area contributed by atoms with Gasteiger partial charge in [0.25, 0.3) is 0 Å². The van der Waals surface area contributed by atoms with E-state index in [2.05, 4.69) is 5.32 Å². The number of hydrogen-bond donors (Lipinski definition) is 2. The summed E-state index contributed by atoms with van der Waals surface area (Å²) in [5.74, 6) is -2.04. The van der Waals surface area contributed by atoms with Crippen LogP contribution in [0.4, 0.5) is 0 Å². The van der Waals surface area contributed by atoms with Crippen molar-refractivity contribution in [2.24, 2.45) is 0 Å². The summed E-state index contributed by atoms with van der Waals surface area (Å²) in [6.07, 6.45) is -0.156. The Balaban J connectivity index is 1.93. The van der Waals surface area contributed by atoms with Crippen LogP contribution in [0.1, 0.15) is 24.0 Å². The lowest BCUT2D eigenvalue weighted by molar-refractivity contribution is -0.149. The highest BCUT2D eigenvalue weighted by Gasteiger charge is 2.23. The Hall–Kier alpha value is -3.15. The predicted octanol–water partition coefficient (Wildman–Crippen LogP) is 2.32. The van der Waals surface area contributed by atoms with Gasteiger partial charge >= 0.3 is 11.9 Å². The molecule has 6 heteroatoms. The molecule has 0 radical (unpaired) electrons. The fourth-order valence-corrected chi connectivity index (χ4v) is 2.37. The van der Waals surface area contributed by atoms with E-state index in [-0.39, 0.29) is 31.8 Å². The number of carboxylic acids is 1. The Labute approximate surface area is 151 Å². The molecule has 0 bridgehead atoms. The van der Waals surface area contributed by atoms with Crippen LogP contribution in [-0.2, 0) is 32.1 Å². The molecular weight excluding hydrogens is 334 g/mol. The minimum absolute atomic E-state index is 0.0243. The van der Waals surface area contributed by atoms with Crippen LogP contribution in [0.25, 0.3) is 0 Å². The molecule has 0 saturated heterocycles. The van der Waals surface area contributed by atoms with Gasteiger partial charge in [0.15, 0.2) is 0 Å². The Morgan fingerprint density at radius 3 is 2.08 bits per heavy atom. The number of esters is 1. The van der Waals surface area contributed by atoms with Crippen LogP contribution in [-0.4, -0.2) is 29.0 Å². The normalized spacial score (nSPS) is 11.4. The Morgan fingerprint density at radius 1 is 0.923 bits per heavy atom. The number of rotatable bonds is 9. The summed E-state index contributed by atoms with van der Waals surface area (Å²) in [4.78, 5) is 35.3. The largest absolute Gasteiger partial charge is 0.481 e. The summed E-state index contributed by atoms with van der Waals surface area (Å²) in [5, 5.41) is 11.4. The molecule has 1 atom stereocenters. The molecule has 136 valence electrons. The van der Waals surface area contributed by atoms with Crippen molar-refractivity contribution in [1.29, 1.82) is 0 Å². The number of carbonyl (C=O) groups excluding carboxylic acids is 2. The Bertz CT molecular complexity index is 730. The second kappa shape index (κ2) is 9.98. The van der Waals surface area contributed by atoms with Crippen molar-refractivity contribution < 1.29 is 24.2 Å². The number of carbonyl (C=O) groups is 3. The van der Waals surface area contributed by atoms with Crippen molar-refractivity contribution >= 4 is 17.8 Å². The zero-order valence-corrected chi connectivity index (χ0v) is 14.3. The molecule has 0 aliphatic heterocycles. The first-order valence-electron chi connectivity index (χ1n) is 8.30. The van der Waals surface area contributed by atoms with Crippen LogP contribution in [0.15, 0.2) is 60.7 Å². The van der Waals surface area contributed by atoms with Gasteiger partial charge in [-0.2, -0.15) is 0 Å². The highest BCUT2D eigenvalue weighted by molar-refractivity contribution is 5.86. The number of ether oxygens (including phenoxy) is 1. The first-order chi connectivity index (χ1) is 12.5. The molecule has 1 amide bonds. The minimum Gasteiger partial charge on any atom is -0.481 e. The molecule has 0 saturated carbocycles. The van der Waals surface area contributed by atoms with Gasteiger partial charge < -0.3 is 15.2 Å². The van der Waals surface area contributed by atoms with E-state index in [0.29, 0.717) is 0 Å². The lowest BCUT2D eigenvalue weighted by Gasteiger charge is -2.17. The van der Waals surface area contributed by atoms with Gasteiger partial charge in [-0.1, -0.05) is 60.7 Å². The van der Waals surface area contributed by atoms with Crippen molar-refractivity contribution in [3.05, 3.63) is 71.8 Å². The second-order valence-corrected chi connectivity index (χ2v) is 5.81. The Morgan fingerprint density at radius 2 is 1.50 bits per heavy atom. The van der Waals surface area contributed by atoms with E-state index in [4.69, 9.17) is 9.84 Å². The summed E-state index contributed by atoms with van der Waals surface area (Å²) < 4.78 is 5.23. The minimum atomic E-state index is -1.04. The van der Waals surface area contributed by atoms with Gasteiger partial charge in [-0.15, -0.1) is 0 Å². The van der Waals surface area contributed by atoms with E-state index >= 15 is 0 Å². The molecule has 0 spiro atoms. The van der Waals surface area contributed by atoms with E-state index in [1.165, 1.54) is 0 Å². The SMILES string of the molecule is O=C(O)CC[C@H](NC(=O)Cc1ccccc1)C(=O)OCc1ccccc1. The predicted molar refractivity (Wildman–Crippen MR) is 95.2 cm³/mol. The van der Waals surface area contributed by atoms with Crippen LogP contribution >= 0.6 is 0 Å². The van der Waals surface area contributed by atoms with E-state index in [1.54, 1.807) is 12.1 Å². The molecule has 2 aromatic carbocycles. The number of amides is 1. The average Bonchev–Trinajstić information content (AvgIpc) is 2.64. The van der Waals surface area contributed by atoms with E-state index in [9.17, 15) is 14.4 Å². The van der Waals surface area contributed by atoms with Gasteiger partial charge in [0.2, 0.25) is 5.91 Å². The van der Waals surface area contributed by atoms with E-state index in [0.717, 1.165) is 11.1 Å². The Kier molecular flexibility index (Phi) is 7.36. The molecule has 26 heavy (non-hydrogen) atoms. The van der Waals surface area contributed by atoms with Crippen molar-refractivity contribution in [1.82, 2.24) is 5.32 Å². The number of carboxylic acid groups (broad SMARTS) is 1. The standard InChI is InChI=1S/C20H21NO5/c22-18(13-15-7-3-1-4-8-15)21-17(11-12-19(23)24)20(25)26-14-16-9-5-2-6-10-16/h1-10,17H,11-14H2,(H,21,22)(H,23,24)/t17-/m0/s1. The molecular formula is C20H21NO5. The third-order valence-electron chi connectivity index (χ3n) is 3.70. The summed E-state index contributed by atoms with van der Waals surface area (Å²) in [6, 6.07) is 17.2. The van der Waals surface area contributed by atoms with Crippen molar-refractivity contribution in [2.75, 3.05) is 0 Å². The average molecular weight is 355 g/mol. The maximum Gasteiger partial charge on any atom is 0.328 e. The topological polar surface area (TPSA) is 92.7 Å². The maximum atomic E-state index is 12.3. The third kappa shape index (κ3) is 6.76. The highest BCUT2D eigenvalue weighted by atomic mass is 16.5. The molecule has 0 fully saturated rings. The smallest absolute Gasteiger partial charge is 0.328 e. The summed E-state index contributed by atoms with van der Waals surface area (Å²) in [6.45, 7) is 0.0673. The maximum absolute atomic E-state index is 12.3. The van der Waals surface area contributed by atoms with Crippen LogP contribution in [0.3, 0.4) is 0 Å². The zero-order valence-electron chi connectivity index (χ0n) is 14.3. The first-order valence-corrected chi connectivity index (χ1v) is 8.30. The molecule has 0 aliphatic rings. The summed E-state index contributed by atoms with van der Waals surface area (Å²) in [5.41, 5.74) is 1.62. The molecule has 0 heterocycles. The van der Waals surface area contributed by atoms with Crippen molar-refractivity contribution in [3.8, 4) is 0 Å². The van der Waals surface area contributed by atoms with Crippen LogP contribution in [0.2, 0.25) is 0 Å². The molecule has 6 nitrogen and oxygen atoms in total. The quantitative estimate of drug-likeness (QED) is 0.674. The van der Waals surface area contributed by atoms with Gasteiger partial charge in [0.1, 0.15) is 12.6 Å². The lowest BCUT2D eigenvalue weighted by Crippen LogP contribution is -2.42. The summed E-state index contributed by atoms with van der Waals surface area (Å²) in [7, 11) is 0. The fourth-order valence-electron chi connectivity index (χ4n) is 2.37. The fraction of sp³-hybridized carbons (Fsp3) is 0.250. The molecule has 0 aromatic heterocycles. The van der Waals surface area contributed by atoms with E-state index in [1.807, 2.05) is 48.5 Å². The number of nitrogens with one attached hydrogen (secondary N) is 1. The molecule has 2 N–H and O–H groups in total. The van der Waals surface area contributed by atoms with Gasteiger partial charge in [-0.25, -0.2) is 4.79 Å². The third-order valence-corrected chi connectivity index (χ3v) is 3.70. The van der Waals surface area contributed by atoms with E-state index < -0.39 is 18.0 Å². The van der Waals surface area contributed by atoms with Gasteiger partial charge in [0, 0.05) is 6.42 Å². The van der Waals surface area contributed by atoms with Gasteiger partial charge in [-0.3, -0.25) is 9.59 Å². The van der Waals surface area contributed by atoms with Crippen LogP contribution in [0, 0.1) is 0 Å².